The van der Waals surface area contributed by atoms with E-state index >= 15 is 0 Å². The highest BCUT2D eigenvalue weighted by Gasteiger charge is 2.44. The average Bonchev–Trinajstić information content (AvgIpc) is 3.15. The first-order valence-electron chi connectivity index (χ1n) is 10.8. The van der Waals surface area contributed by atoms with Crippen LogP contribution in [0.5, 0.6) is 5.75 Å². The van der Waals surface area contributed by atoms with Crippen LogP contribution in [0.3, 0.4) is 0 Å². The SMILES string of the molecule is COc1cccc(CN2CCCC(O)(CN3CCc4[nH]nc(C(C)C)c4C3)C2=O)c1. The van der Waals surface area contributed by atoms with E-state index in [4.69, 9.17) is 4.74 Å². The number of nitrogens with one attached hydrogen (secondary N) is 1. The van der Waals surface area contributed by atoms with E-state index in [0.29, 0.717) is 32.0 Å². The van der Waals surface area contributed by atoms with Crippen molar-refractivity contribution < 1.29 is 14.6 Å². The fourth-order valence-electron chi connectivity index (χ4n) is 4.71. The number of aliphatic hydroxyl groups is 1. The number of amides is 1. The van der Waals surface area contributed by atoms with Crippen LogP contribution in [0.15, 0.2) is 24.3 Å². The number of carbonyl (C=O) groups excluding carboxylic acids is 1. The van der Waals surface area contributed by atoms with Crippen molar-refractivity contribution in [2.45, 2.75) is 57.7 Å². The van der Waals surface area contributed by atoms with Gasteiger partial charge in [0.05, 0.1) is 12.8 Å². The minimum atomic E-state index is -1.34. The van der Waals surface area contributed by atoms with Crippen LogP contribution in [0.4, 0.5) is 0 Å². The van der Waals surface area contributed by atoms with Gasteiger partial charge in [0, 0.05) is 50.4 Å². The molecular weight excluding hydrogens is 380 g/mol. The number of hydrogen-bond donors (Lipinski definition) is 2. The lowest BCUT2D eigenvalue weighted by Crippen LogP contribution is -2.58. The highest BCUT2D eigenvalue weighted by atomic mass is 16.5. The largest absolute Gasteiger partial charge is 0.497 e. The summed E-state index contributed by atoms with van der Waals surface area (Å²) in [7, 11) is 1.64. The molecule has 1 aromatic carbocycles. The van der Waals surface area contributed by atoms with Gasteiger partial charge in [-0.1, -0.05) is 26.0 Å². The van der Waals surface area contributed by atoms with Crippen molar-refractivity contribution >= 4 is 5.91 Å². The Morgan fingerprint density at radius 3 is 2.93 bits per heavy atom. The summed E-state index contributed by atoms with van der Waals surface area (Å²) in [5, 5.41) is 19.0. The second-order valence-electron chi connectivity index (χ2n) is 8.89. The summed E-state index contributed by atoms with van der Waals surface area (Å²) in [4.78, 5) is 17.2. The molecular formula is C23H32N4O3. The van der Waals surface area contributed by atoms with Gasteiger partial charge in [-0.25, -0.2) is 0 Å². The molecule has 3 heterocycles. The molecule has 2 aromatic rings. The average molecular weight is 413 g/mol. The van der Waals surface area contributed by atoms with E-state index in [1.165, 1.54) is 11.3 Å². The van der Waals surface area contributed by atoms with Gasteiger partial charge in [-0.15, -0.1) is 0 Å². The Morgan fingerprint density at radius 2 is 2.17 bits per heavy atom. The van der Waals surface area contributed by atoms with E-state index in [9.17, 15) is 9.90 Å². The smallest absolute Gasteiger partial charge is 0.256 e. The molecule has 1 saturated heterocycles. The van der Waals surface area contributed by atoms with Crippen molar-refractivity contribution in [1.29, 1.82) is 0 Å². The summed E-state index contributed by atoms with van der Waals surface area (Å²) in [6.45, 7) is 7.35. The van der Waals surface area contributed by atoms with Crippen LogP contribution in [0.1, 0.15) is 55.1 Å². The lowest BCUT2D eigenvalue weighted by atomic mass is 9.89. The van der Waals surface area contributed by atoms with Gasteiger partial charge in [0.2, 0.25) is 0 Å². The number of methoxy groups -OCH3 is 1. The zero-order valence-electron chi connectivity index (χ0n) is 18.1. The van der Waals surface area contributed by atoms with E-state index in [0.717, 1.165) is 42.9 Å². The Labute approximate surface area is 178 Å². The maximum Gasteiger partial charge on any atom is 0.256 e. The maximum absolute atomic E-state index is 13.3. The fraction of sp³-hybridized carbons (Fsp3) is 0.565. The number of aromatic amines is 1. The van der Waals surface area contributed by atoms with Crippen LogP contribution in [0.25, 0.3) is 0 Å². The second-order valence-corrected chi connectivity index (χ2v) is 8.89. The number of β-amino-alcohol motifs (C(OH)–C–C–N with tert-alkyl or cyclic N) is 1. The Morgan fingerprint density at radius 1 is 1.33 bits per heavy atom. The van der Waals surface area contributed by atoms with Crippen LogP contribution in [0, 0.1) is 0 Å². The zero-order valence-corrected chi connectivity index (χ0v) is 18.1. The number of likely N-dealkylation sites (tertiary alicyclic amines) is 1. The molecule has 1 aromatic heterocycles. The number of nitrogens with zero attached hydrogens (tertiary/aromatic N) is 3. The first-order chi connectivity index (χ1) is 14.4. The molecule has 2 aliphatic rings. The second kappa shape index (κ2) is 8.40. The molecule has 2 aliphatic heterocycles. The molecule has 2 N–H and O–H groups in total. The molecule has 7 nitrogen and oxygen atoms in total. The van der Waals surface area contributed by atoms with E-state index in [-0.39, 0.29) is 5.91 Å². The molecule has 162 valence electrons. The summed E-state index contributed by atoms with van der Waals surface area (Å²) in [5.74, 6) is 0.957. The van der Waals surface area contributed by atoms with Gasteiger partial charge in [-0.3, -0.25) is 14.8 Å². The molecule has 7 heteroatoms. The third kappa shape index (κ3) is 4.09. The Hall–Kier alpha value is -2.38. The number of aromatic nitrogens is 2. The molecule has 0 spiro atoms. The number of carbonyl (C=O) groups is 1. The lowest BCUT2D eigenvalue weighted by Gasteiger charge is -2.41. The van der Waals surface area contributed by atoms with E-state index in [2.05, 4.69) is 28.9 Å². The van der Waals surface area contributed by atoms with Crippen LogP contribution in [-0.2, 0) is 24.3 Å². The summed E-state index contributed by atoms with van der Waals surface area (Å²) in [6.07, 6.45) is 2.17. The number of fused-ring (bicyclic) bond motifs is 1. The molecule has 0 aliphatic carbocycles. The standard InChI is InChI=1S/C23H32N4O3/c1-16(2)21-19-14-26(11-8-20(19)24-25-21)15-23(29)9-5-10-27(22(23)28)13-17-6-4-7-18(12-17)30-3/h4,6-7,12,16,29H,5,8-11,13-15H2,1-3H3,(H,24,25). The Balaban J connectivity index is 1.45. The summed E-state index contributed by atoms with van der Waals surface area (Å²) in [6, 6.07) is 7.75. The first kappa shape index (κ1) is 20.9. The van der Waals surface area contributed by atoms with Crippen LogP contribution >= 0.6 is 0 Å². The fourth-order valence-corrected chi connectivity index (χ4v) is 4.71. The Kier molecular flexibility index (Phi) is 5.84. The topological polar surface area (TPSA) is 81.7 Å². The first-order valence-corrected chi connectivity index (χ1v) is 10.8. The third-order valence-electron chi connectivity index (χ3n) is 6.29. The van der Waals surface area contributed by atoms with Crippen molar-refractivity contribution in [3.8, 4) is 5.75 Å². The molecule has 1 unspecified atom stereocenters. The molecule has 30 heavy (non-hydrogen) atoms. The van der Waals surface area contributed by atoms with Crippen molar-refractivity contribution in [3.63, 3.8) is 0 Å². The van der Waals surface area contributed by atoms with Crippen molar-refractivity contribution in [1.82, 2.24) is 20.0 Å². The normalized spacial score (nSPS) is 22.4. The van der Waals surface area contributed by atoms with Crippen molar-refractivity contribution in [2.24, 2.45) is 0 Å². The Bertz CT molecular complexity index is 910. The van der Waals surface area contributed by atoms with Crippen molar-refractivity contribution in [3.05, 3.63) is 46.8 Å². The number of hydrogen-bond acceptors (Lipinski definition) is 5. The molecule has 0 radical (unpaired) electrons. The van der Waals surface area contributed by atoms with Gasteiger partial charge in [-0.05, 0) is 36.5 Å². The van der Waals surface area contributed by atoms with Crippen molar-refractivity contribution in [2.75, 3.05) is 26.7 Å². The van der Waals surface area contributed by atoms with Gasteiger partial charge >= 0.3 is 0 Å². The van der Waals surface area contributed by atoms with E-state index in [1.807, 2.05) is 24.3 Å². The van der Waals surface area contributed by atoms with Gasteiger partial charge in [0.25, 0.3) is 5.91 Å². The minimum Gasteiger partial charge on any atom is -0.497 e. The molecule has 4 rings (SSSR count). The predicted octanol–water partition coefficient (Wildman–Crippen LogP) is 2.45. The number of piperidine rings is 1. The minimum absolute atomic E-state index is 0.168. The van der Waals surface area contributed by atoms with Gasteiger partial charge in [-0.2, -0.15) is 5.10 Å². The summed E-state index contributed by atoms with van der Waals surface area (Å²) < 4.78 is 5.29. The lowest BCUT2D eigenvalue weighted by molar-refractivity contribution is -0.160. The molecule has 1 fully saturated rings. The van der Waals surface area contributed by atoms with Gasteiger partial charge in [0.15, 0.2) is 5.60 Å². The number of H-pyrrole nitrogens is 1. The summed E-state index contributed by atoms with van der Waals surface area (Å²) >= 11 is 0. The molecule has 0 bridgehead atoms. The van der Waals surface area contributed by atoms with Crippen LogP contribution in [-0.4, -0.2) is 63.4 Å². The molecule has 1 amide bonds. The van der Waals surface area contributed by atoms with Gasteiger partial charge < -0.3 is 14.7 Å². The zero-order chi connectivity index (χ0) is 21.3. The monoisotopic (exact) mass is 412 g/mol. The van der Waals surface area contributed by atoms with Gasteiger partial charge in [0.1, 0.15) is 5.75 Å². The highest BCUT2D eigenvalue weighted by Crippen LogP contribution is 2.30. The predicted molar refractivity (Wildman–Crippen MR) is 114 cm³/mol. The van der Waals surface area contributed by atoms with Crippen LogP contribution in [0.2, 0.25) is 0 Å². The third-order valence-corrected chi connectivity index (χ3v) is 6.29. The van der Waals surface area contributed by atoms with Crippen LogP contribution < -0.4 is 4.74 Å². The number of ether oxygens (including phenoxy) is 1. The van der Waals surface area contributed by atoms with E-state index in [1.54, 1.807) is 12.0 Å². The number of benzene rings is 1. The number of rotatable bonds is 6. The quantitative estimate of drug-likeness (QED) is 0.762. The summed E-state index contributed by atoms with van der Waals surface area (Å²) in [5.41, 5.74) is 3.19. The molecule has 0 saturated carbocycles. The molecule has 1 atom stereocenters. The highest BCUT2D eigenvalue weighted by molar-refractivity contribution is 5.86. The van der Waals surface area contributed by atoms with E-state index < -0.39 is 5.60 Å². The maximum atomic E-state index is 13.3.